The van der Waals surface area contributed by atoms with E-state index in [1.54, 1.807) is 17.3 Å². The minimum Gasteiger partial charge on any atom is -0.494 e. The van der Waals surface area contributed by atoms with Crippen molar-refractivity contribution in [3.8, 4) is 17.3 Å². The monoisotopic (exact) mass is 482 g/mol. The molecule has 5 aromatic rings. The molecule has 0 saturated carbocycles. The third kappa shape index (κ3) is 3.44. The zero-order valence-corrected chi connectivity index (χ0v) is 19.7. The lowest BCUT2D eigenvalue weighted by atomic mass is 10.0. The molecule has 4 aromatic heterocycles. The number of Topliss-reactive ketones (excluding diaryl/α,β-unsaturated/α-hetero) is 1. The van der Waals surface area contributed by atoms with Gasteiger partial charge in [0.2, 0.25) is 0 Å². The summed E-state index contributed by atoms with van der Waals surface area (Å²) in [7, 11) is 1.49. The molecule has 0 unspecified atom stereocenters. The highest BCUT2D eigenvalue weighted by molar-refractivity contribution is 6.45. The minimum atomic E-state index is -0.625. The number of ketones is 1. The number of carbonyl (C=O) groups is 2. The average molecular weight is 483 g/mol. The molecule has 0 aliphatic carbocycles. The van der Waals surface area contributed by atoms with Gasteiger partial charge >= 0.3 is 0 Å². The first kappa shape index (κ1) is 21.7. The number of aryl methyl sites for hydroxylation is 1. The Morgan fingerprint density at radius 1 is 1.08 bits per heavy atom. The van der Waals surface area contributed by atoms with Crippen molar-refractivity contribution in [2.45, 2.75) is 19.9 Å². The van der Waals surface area contributed by atoms with Crippen LogP contribution in [0.25, 0.3) is 22.4 Å². The maximum atomic E-state index is 13.4. The number of carbonyl (C=O) groups excluding carboxylic acids is 2. The Hall–Kier alpha value is -4.80. The summed E-state index contributed by atoms with van der Waals surface area (Å²) in [6.45, 7) is 2.55. The van der Waals surface area contributed by atoms with Gasteiger partial charge < -0.3 is 14.6 Å². The number of H-pyrrole nitrogens is 1. The molecule has 1 aliphatic rings. The highest BCUT2D eigenvalue weighted by atomic mass is 16.5. The van der Waals surface area contributed by atoms with E-state index < -0.39 is 11.7 Å². The Bertz CT molecular complexity index is 1620. The van der Waals surface area contributed by atoms with Gasteiger partial charge in [0, 0.05) is 31.3 Å². The molecule has 0 radical (unpaired) electrons. The number of nitrogens with zero attached hydrogens (tertiary/aromatic N) is 7. The number of methoxy groups -OCH3 is 1. The number of nitrogens with one attached hydrogen (secondary N) is 1. The van der Waals surface area contributed by atoms with Crippen LogP contribution in [0.15, 0.2) is 55.1 Å². The molecule has 1 amide bonds. The van der Waals surface area contributed by atoms with Crippen LogP contribution >= 0.6 is 0 Å². The van der Waals surface area contributed by atoms with Crippen molar-refractivity contribution in [1.29, 1.82) is 0 Å². The van der Waals surface area contributed by atoms with Crippen molar-refractivity contribution in [2.75, 3.05) is 13.7 Å². The largest absolute Gasteiger partial charge is 0.494 e. The predicted molar refractivity (Wildman–Crippen MR) is 129 cm³/mol. The van der Waals surface area contributed by atoms with Gasteiger partial charge in [-0.25, -0.2) is 9.67 Å². The molecule has 0 spiro atoms. The van der Waals surface area contributed by atoms with Gasteiger partial charge in [-0.15, -0.1) is 4.80 Å². The van der Waals surface area contributed by atoms with Gasteiger partial charge in [-0.3, -0.25) is 9.59 Å². The number of hydrogen-bond donors (Lipinski definition) is 1. The van der Waals surface area contributed by atoms with Crippen LogP contribution in [0, 0.1) is 6.92 Å². The zero-order chi connectivity index (χ0) is 24.8. The fourth-order valence-electron chi connectivity index (χ4n) is 4.59. The lowest BCUT2D eigenvalue weighted by Gasteiger charge is -2.26. The summed E-state index contributed by atoms with van der Waals surface area (Å²) >= 11 is 0. The molecule has 0 bridgehead atoms. The number of hydrogen-bond acceptors (Lipinski definition) is 7. The lowest BCUT2D eigenvalue weighted by molar-refractivity contribution is -0.127. The predicted octanol–water partition coefficient (Wildman–Crippen LogP) is 2.41. The summed E-state index contributed by atoms with van der Waals surface area (Å²) in [6.07, 6.45) is 6.98. The Labute approximate surface area is 205 Å². The van der Waals surface area contributed by atoms with E-state index in [-0.39, 0.29) is 5.56 Å². The van der Waals surface area contributed by atoms with Crippen LogP contribution in [0.1, 0.15) is 27.3 Å². The number of rotatable bonds is 5. The van der Waals surface area contributed by atoms with Crippen molar-refractivity contribution >= 4 is 22.6 Å². The maximum absolute atomic E-state index is 13.4. The van der Waals surface area contributed by atoms with E-state index in [2.05, 4.69) is 25.3 Å². The van der Waals surface area contributed by atoms with Crippen molar-refractivity contribution in [3.05, 3.63) is 77.6 Å². The second kappa shape index (κ2) is 8.45. The van der Waals surface area contributed by atoms with Crippen LogP contribution in [0.3, 0.4) is 0 Å². The number of ether oxygens (including phenoxy) is 1. The first-order valence-corrected chi connectivity index (χ1v) is 11.4. The first-order chi connectivity index (χ1) is 17.5. The molecule has 36 heavy (non-hydrogen) atoms. The second-order valence-corrected chi connectivity index (χ2v) is 8.55. The smallest absolute Gasteiger partial charge is 0.295 e. The molecule has 6 rings (SSSR count). The van der Waals surface area contributed by atoms with Crippen molar-refractivity contribution < 1.29 is 14.3 Å². The first-order valence-electron chi connectivity index (χ1n) is 11.4. The Morgan fingerprint density at radius 2 is 1.92 bits per heavy atom. The molecule has 180 valence electrons. The summed E-state index contributed by atoms with van der Waals surface area (Å²) in [5.41, 5.74) is 4.38. The Kier molecular flexibility index (Phi) is 5.10. The summed E-state index contributed by atoms with van der Waals surface area (Å²) in [5, 5.41) is 13.5. The number of para-hydroxylation sites is 1. The van der Waals surface area contributed by atoms with Gasteiger partial charge in [0.05, 0.1) is 59.2 Å². The van der Waals surface area contributed by atoms with E-state index in [1.807, 2.05) is 41.9 Å². The fourth-order valence-corrected chi connectivity index (χ4v) is 4.59. The number of aromatic amines is 1. The minimum absolute atomic E-state index is 0.213. The van der Waals surface area contributed by atoms with Gasteiger partial charge in [-0.2, -0.15) is 15.3 Å². The number of pyridine rings is 1. The second-order valence-electron chi connectivity index (χ2n) is 8.55. The number of amides is 1. The SMILES string of the molecule is COc1cnc(-n2ncc(C)n2)c2[nH]cc(C(=O)C(=O)N3CCc4c(cnn4-c4ccccc4)C3)c12. The molecule has 0 atom stereocenters. The molecule has 0 fully saturated rings. The quantitative estimate of drug-likeness (QED) is 0.301. The summed E-state index contributed by atoms with van der Waals surface area (Å²) in [6, 6.07) is 9.85. The molecular weight excluding hydrogens is 460 g/mol. The van der Waals surface area contributed by atoms with Crippen molar-refractivity contribution in [1.82, 2.24) is 39.6 Å². The highest BCUT2D eigenvalue weighted by Gasteiger charge is 2.31. The molecule has 11 heteroatoms. The number of benzene rings is 1. The van der Waals surface area contributed by atoms with E-state index >= 15 is 0 Å². The van der Waals surface area contributed by atoms with Crippen LogP contribution in [0.2, 0.25) is 0 Å². The number of fused-ring (bicyclic) bond motifs is 2. The fraction of sp³-hybridized carbons (Fsp3) is 0.200. The van der Waals surface area contributed by atoms with Gasteiger partial charge in [-0.1, -0.05) is 18.2 Å². The lowest BCUT2D eigenvalue weighted by Crippen LogP contribution is -2.40. The summed E-state index contributed by atoms with van der Waals surface area (Å²) in [4.78, 5) is 37.2. The van der Waals surface area contributed by atoms with E-state index in [0.29, 0.717) is 42.0 Å². The van der Waals surface area contributed by atoms with Crippen LogP contribution < -0.4 is 4.74 Å². The Morgan fingerprint density at radius 3 is 2.67 bits per heavy atom. The average Bonchev–Trinajstić information content (AvgIpc) is 3.65. The maximum Gasteiger partial charge on any atom is 0.295 e. The van der Waals surface area contributed by atoms with E-state index in [0.717, 1.165) is 22.6 Å². The van der Waals surface area contributed by atoms with Crippen molar-refractivity contribution in [3.63, 3.8) is 0 Å². The van der Waals surface area contributed by atoms with E-state index in [1.165, 1.54) is 24.3 Å². The van der Waals surface area contributed by atoms with E-state index in [4.69, 9.17) is 4.74 Å². The number of aromatic nitrogens is 7. The summed E-state index contributed by atoms with van der Waals surface area (Å²) < 4.78 is 7.36. The van der Waals surface area contributed by atoms with Crippen LogP contribution in [0.4, 0.5) is 0 Å². The molecule has 1 N–H and O–H groups in total. The van der Waals surface area contributed by atoms with Gasteiger partial charge in [0.25, 0.3) is 11.7 Å². The third-order valence-electron chi connectivity index (χ3n) is 6.33. The van der Waals surface area contributed by atoms with Gasteiger partial charge in [0.15, 0.2) is 5.82 Å². The standard InChI is InChI=1S/C25H22N8O3/c1-15-10-29-33(30-15)24-22-21(20(36-2)13-27-24)18(12-26-22)23(34)25(35)31-9-8-19-16(14-31)11-28-32(19)17-6-4-3-5-7-17/h3-7,10-13,26H,8-9,14H2,1-2H3. The van der Waals surface area contributed by atoms with Crippen LogP contribution in [-0.2, 0) is 17.8 Å². The molecule has 11 nitrogen and oxygen atoms in total. The third-order valence-corrected chi connectivity index (χ3v) is 6.33. The van der Waals surface area contributed by atoms with E-state index in [9.17, 15) is 9.59 Å². The molecule has 1 aliphatic heterocycles. The Balaban J connectivity index is 1.31. The topological polar surface area (TPSA) is 124 Å². The highest BCUT2D eigenvalue weighted by Crippen LogP contribution is 2.32. The molecular formula is C25H22N8O3. The van der Waals surface area contributed by atoms with Gasteiger partial charge in [-0.05, 0) is 19.1 Å². The molecule has 1 aromatic carbocycles. The molecule has 5 heterocycles. The zero-order valence-electron chi connectivity index (χ0n) is 19.7. The molecule has 0 saturated heterocycles. The van der Waals surface area contributed by atoms with Gasteiger partial charge in [0.1, 0.15) is 5.75 Å². The van der Waals surface area contributed by atoms with Crippen LogP contribution in [-0.4, -0.2) is 65.0 Å². The summed E-state index contributed by atoms with van der Waals surface area (Å²) in [5.74, 6) is -0.427. The normalized spacial score (nSPS) is 13.1. The van der Waals surface area contributed by atoms with Crippen LogP contribution in [0.5, 0.6) is 5.75 Å². The van der Waals surface area contributed by atoms with Crippen molar-refractivity contribution in [2.24, 2.45) is 0 Å².